The molecule has 78 valence electrons. The minimum atomic E-state index is -0.476. The van der Waals surface area contributed by atoms with Gasteiger partial charge in [-0.2, -0.15) is 5.26 Å². The standard InChI is InChI=1S/C11H11FN2O/c1-8(7-13)6-11(15)14-10-5-3-2-4-9(10)12/h2-5,8H,6H2,1H3,(H,14,15). The Kier molecular flexibility index (Phi) is 3.81. The van der Waals surface area contributed by atoms with Crippen molar-refractivity contribution in [3.63, 3.8) is 0 Å². The molecule has 0 heterocycles. The molecule has 1 unspecified atom stereocenters. The highest BCUT2D eigenvalue weighted by Gasteiger charge is 2.09. The zero-order valence-corrected chi connectivity index (χ0v) is 8.33. The Morgan fingerprint density at radius 1 is 1.60 bits per heavy atom. The first kappa shape index (κ1) is 11.2. The lowest BCUT2D eigenvalue weighted by Crippen LogP contribution is -2.15. The van der Waals surface area contributed by atoms with Gasteiger partial charge in [-0.1, -0.05) is 12.1 Å². The van der Waals surface area contributed by atoms with Gasteiger partial charge in [0.05, 0.1) is 17.7 Å². The zero-order chi connectivity index (χ0) is 11.3. The van der Waals surface area contributed by atoms with Crippen LogP contribution < -0.4 is 5.32 Å². The van der Waals surface area contributed by atoms with Crippen LogP contribution in [-0.4, -0.2) is 5.91 Å². The molecular weight excluding hydrogens is 195 g/mol. The number of hydrogen-bond acceptors (Lipinski definition) is 2. The Morgan fingerprint density at radius 3 is 2.87 bits per heavy atom. The first-order chi connectivity index (χ1) is 7.13. The molecule has 0 aliphatic carbocycles. The molecule has 0 aliphatic heterocycles. The molecule has 1 atom stereocenters. The van der Waals surface area contributed by atoms with Crippen LogP contribution >= 0.6 is 0 Å². The summed E-state index contributed by atoms with van der Waals surface area (Å²) in [6.45, 7) is 1.64. The Bertz CT molecular complexity index is 398. The predicted octanol–water partition coefficient (Wildman–Crippen LogP) is 2.31. The summed E-state index contributed by atoms with van der Waals surface area (Å²) in [6, 6.07) is 7.86. The van der Waals surface area contributed by atoms with Crippen molar-refractivity contribution < 1.29 is 9.18 Å². The molecule has 1 aromatic rings. The van der Waals surface area contributed by atoms with Gasteiger partial charge in [0.2, 0.25) is 5.91 Å². The van der Waals surface area contributed by atoms with Gasteiger partial charge in [0.15, 0.2) is 0 Å². The second-order valence-corrected chi connectivity index (χ2v) is 3.26. The number of carbonyl (C=O) groups excluding carboxylic acids is 1. The molecule has 1 aromatic carbocycles. The van der Waals surface area contributed by atoms with Crippen LogP contribution in [0.4, 0.5) is 10.1 Å². The third-order valence-corrected chi connectivity index (χ3v) is 1.86. The van der Waals surface area contributed by atoms with E-state index in [0.717, 1.165) is 0 Å². The van der Waals surface area contributed by atoms with E-state index in [0.29, 0.717) is 0 Å². The molecule has 0 saturated carbocycles. The number of nitrogens with one attached hydrogen (secondary N) is 1. The van der Waals surface area contributed by atoms with Gasteiger partial charge >= 0.3 is 0 Å². The summed E-state index contributed by atoms with van der Waals surface area (Å²) in [5.41, 5.74) is 0.146. The van der Waals surface area contributed by atoms with Gasteiger partial charge < -0.3 is 5.32 Å². The second-order valence-electron chi connectivity index (χ2n) is 3.26. The van der Waals surface area contributed by atoms with Crippen LogP contribution in [0.2, 0.25) is 0 Å². The maximum atomic E-state index is 13.1. The van der Waals surface area contributed by atoms with Crippen molar-refractivity contribution in [3.8, 4) is 6.07 Å². The lowest BCUT2D eigenvalue weighted by molar-refractivity contribution is -0.116. The predicted molar refractivity (Wildman–Crippen MR) is 54.4 cm³/mol. The van der Waals surface area contributed by atoms with Crippen molar-refractivity contribution >= 4 is 11.6 Å². The van der Waals surface area contributed by atoms with Gasteiger partial charge in [-0.15, -0.1) is 0 Å². The van der Waals surface area contributed by atoms with E-state index < -0.39 is 5.82 Å². The van der Waals surface area contributed by atoms with E-state index >= 15 is 0 Å². The second kappa shape index (κ2) is 5.11. The van der Waals surface area contributed by atoms with Crippen LogP contribution in [0.3, 0.4) is 0 Å². The number of amides is 1. The molecule has 0 fully saturated rings. The summed E-state index contributed by atoms with van der Waals surface area (Å²) in [6.07, 6.45) is 0.0742. The van der Waals surface area contributed by atoms with Gasteiger partial charge in [0, 0.05) is 6.42 Å². The van der Waals surface area contributed by atoms with Crippen LogP contribution in [0, 0.1) is 23.1 Å². The van der Waals surface area contributed by atoms with E-state index in [4.69, 9.17) is 5.26 Å². The summed E-state index contributed by atoms with van der Waals surface area (Å²) in [5, 5.41) is 10.9. The molecule has 1 amide bonds. The summed E-state index contributed by atoms with van der Waals surface area (Å²) >= 11 is 0. The summed E-state index contributed by atoms with van der Waals surface area (Å²) in [7, 11) is 0. The van der Waals surface area contributed by atoms with E-state index in [9.17, 15) is 9.18 Å². The van der Waals surface area contributed by atoms with Crippen LogP contribution in [-0.2, 0) is 4.79 Å². The van der Waals surface area contributed by atoms with Crippen LogP contribution in [0.5, 0.6) is 0 Å². The maximum absolute atomic E-state index is 13.1. The number of nitrogens with zero attached hydrogens (tertiary/aromatic N) is 1. The van der Waals surface area contributed by atoms with E-state index in [1.54, 1.807) is 19.1 Å². The summed E-state index contributed by atoms with van der Waals surface area (Å²) in [4.78, 5) is 11.3. The fourth-order valence-electron chi connectivity index (χ4n) is 1.09. The van der Waals surface area contributed by atoms with E-state index in [1.807, 2.05) is 6.07 Å². The highest BCUT2D eigenvalue weighted by molar-refractivity contribution is 5.91. The van der Waals surface area contributed by atoms with E-state index in [2.05, 4.69) is 5.32 Å². The molecule has 15 heavy (non-hydrogen) atoms. The molecule has 0 saturated heterocycles. The van der Waals surface area contributed by atoms with Gasteiger partial charge in [-0.25, -0.2) is 4.39 Å². The number of para-hydroxylation sites is 1. The van der Waals surface area contributed by atoms with Gasteiger partial charge in [0.25, 0.3) is 0 Å². The molecule has 1 N–H and O–H groups in total. The number of carbonyl (C=O) groups is 1. The Labute approximate surface area is 87.5 Å². The smallest absolute Gasteiger partial charge is 0.225 e. The number of nitriles is 1. The Morgan fingerprint density at radius 2 is 2.27 bits per heavy atom. The number of anilines is 1. The van der Waals surface area contributed by atoms with Gasteiger partial charge in [-0.3, -0.25) is 4.79 Å². The third-order valence-electron chi connectivity index (χ3n) is 1.86. The monoisotopic (exact) mass is 206 g/mol. The molecular formula is C11H11FN2O. The van der Waals surface area contributed by atoms with Crippen LogP contribution in [0.25, 0.3) is 0 Å². The summed E-state index contributed by atoms with van der Waals surface area (Å²) < 4.78 is 13.1. The minimum Gasteiger partial charge on any atom is -0.324 e. The quantitative estimate of drug-likeness (QED) is 0.825. The highest BCUT2D eigenvalue weighted by atomic mass is 19.1. The average Bonchev–Trinajstić information content (AvgIpc) is 2.21. The first-order valence-electron chi connectivity index (χ1n) is 4.57. The lowest BCUT2D eigenvalue weighted by Gasteiger charge is -2.06. The van der Waals surface area contributed by atoms with Gasteiger partial charge in [0.1, 0.15) is 5.82 Å². The lowest BCUT2D eigenvalue weighted by atomic mass is 10.1. The molecule has 0 aromatic heterocycles. The number of halogens is 1. The fraction of sp³-hybridized carbons (Fsp3) is 0.273. The van der Waals surface area contributed by atoms with E-state index in [-0.39, 0.29) is 23.9 Å². The molecule has 1 rings (SSSR count). The molecule has 0 aliphatic rings. The van der Waals surface area contributed by atoms with Crippen LogP contribution in [0.1, 0.15) is 13.3 Å². The van der Waals surface area contributed by atoms with E-state index in [1.165, 1.54) is 12.1 Å². The van der Waals surface area contributed by atoms with Crippen molar-refractivity contribution in [1.29, 1.82) is 5.26 Å². The first-order valence-corrected chi connectivity index (χ1v) is 4.57. The normalized spacial score (nSPS) is 11.5. The molecule has 0 radical (unpaired) electrons. The number of benzene rings is 1. The van der Waals surface area contributed by atoms with Crippen LogP contribution in [0.15, 0.2) is 24.3 Å². The maximum Gasteiger partial charge on any atom is 0.225 e. The van der Waals surface area contributed by atoms with Crippen molar-refractivity contribution in [3.05, 3.63) is 30.1 Å². The molecule has 0 bridgehead atoms. The number of hydrogen-bond donors (Lipinski definition) is 1. The van der Waals surface area contributed by atoms with Gasteiger partial charge in [-0.05, 0) is 19.1 Å². The largest absolute Gasteiger partial charge is 0.324 e. The Hall–Kier alpha value is -1.89. The van der Waals surface area contributed by atoms with Crippen molar-refractivity contribution in [1.82, 2.24) is 0 Å². The summed E-state index contributed by atoms with van der Waals surface area (Å²) in [5.74, 6) is -1.19. The SMILES string of the molecule is CC(C#N)CC(=O)Nc1ccccc1F. The zero-order valence-electron chi connectivity index (χ0n) is 8.33. The molecule has 0 spiro atoms. The third kappa shape index (κ3) is 3.39. The average molecular weight is 206 g/mol. The minimum absolute atomic E-state index is 0.0742. The highest BCUT2D eigenvalue weighted by Crippen LogP contribution is 2.13. The Balaban J connectivity index is 2.60. The topological polar surface area (TPSA) is 52.9 Å². The van der Waals surface area contributed by atoms with Crippen molar-refractivity contribution in [2.75, 3.05) is 5.32 Å². The number of rotatable bonds is 3. The molecule has 4 heteroatoms. The van der Waals surface area contributed by atoms with Crippen molar-refractivity contribution in [2.24, 2.45) is 5.92 Å². The molecule has 3 nitrogen and oxygen atoms in total. The van der Waals surface area contributed by atoms with Crippen molar-refractivity contribution in [2.45, 2.75) is 13.3 Å². The fourth-order valence-corrected chi connectivity index (χ4v) is 1.09.